The highest BCUT2D eigenvalue weighted by Crippen LogP contribution is 2.30. The minimum absolute atomic E-state index is 0.0657. The largest absolute Gasteiger partial charge is 0.341 e. The molecule has 1 aromatic carbocycles. The minimum Gasteiger partial charge on any atom is -0.341 e. The molecule has 7 heteroatoms. The third kappa shape index (κ3) is 3.30. The summed E-state index contributed by atoms with van der Waals surface area (Å²) < 4.78 is 0. The lowest BCUT2D eigenvalue weighted by Gasteiger charge is -2.21. The number of benzene rings is 1. The number of hydrazine groups is 1. The van der Waals surface area contributed by atoms with Crippen molar-refractivity contribution in [1.29, 1.82) is 0 Å². The standard InChI is InChI=1S/C14H20N4O3/c1-17(9-10-5-2-3-6-10)14(19)11-7-4-8-12(16-15)13(11)18(20)21/h4,7-8,10,16H,2-3,5-6,9,15H2,1H3. The molecule has 0 heterocycles. The molecule has 0 spiro atoms. The maximum atomic E-state index is 12.5. The van der Waals surface area contributed by atoms with Crippen molar-refractivity contribution in [2.75, 3.05) is 19.0 Å². The Balaban J connectivity index is 2.23. The average molecular weight is 292 g/mol. The van der Waals surface area contributed by atoms with Crippen LogP contribution >= 0.6 is 0 Å². The van der Waals surface area contributed by atoms with Crippen LogP contribution in [0.4, 0.5) is 11.4 Å². The fourth-order valence-electron chi connectivity index (χ4n) is 2.90. The molecular weight excluding hydrogens is 272 g/mol. The Hall–Kier alpha value is -2.15. The number of hydrogen-bond acceptors (Lipinski definition) is 5. The second kappa shape index (κ2) is 6.53. The van der Waals surface area contributed by atoms with Gasteiger partial charge in [-0.05, 0) is 30.9 Å². The van der Waals surface area contributed by atoms with E-state index in [2.05, 4.69) is 5.43 Å². The Morgan fingerprint density at radius 3 is 2.71 bits per heavy atom. The summed E-state index contributed by atoms with van der Waals surface area (Å²) in [6.45, 7) is 0.635. The van der Waals surface area contributed by atoms with Crippen molar-refractivity contribution in [3.63, 3.8) is 0 Å². The van der Waals surface area contributed by atoms with Gasteiger partial charge in [0.1, 0.15) is 11.3 Å². The number of para-hydroxylation sites is 1. The first-order valence-electron chi connectivity index (χ1n) is 7.04. The SMILES string of the molecule is CN(CC1CCCC1)C(=O)c1cccc(NN)c1[N+](=O)[O-]. The monoisotopic (exact) mass is 292 g/mol. The summed E-state index contributed by atoms with van der Waals surface area (Å²) in [7, 11) is 1.69. The fraction of sp³-hybridized carbons (Fsp3) is 0.500. The van der Waals surface area contributed by atoms with E-state index in [1.54, 1.807) is 18.0 Å². The Bertz CT molecular complexity index is 541. The van der Waals surface area contributed by atoms with Gasteiger partial charge in [0.05, 0.1) is 4.92 Å². The number of amides is 1. The van der Waals surface area contributed by atoms with Gasteiger partial charge in [0, 0.05) is 13.6 Å². The van der Waals surface area contributed by atoms with Crippen molar-refractivity contribution in [3.05, 3.63) is 33.9 Å². The normalized spacial score (nSPS) is 15.0. The third-order valence-electron chi connectivity index (χ3n) is 3.96. The van der Waals surface area contributed by atoms with Crippen molar-refractivity contribution in [2.45, 2.75) is 25.7 Å². The van der Waals surface area contributed by atoms with Gasteiger partial charge in [-0.2, -0.15) is 0 Å². The zero-order valence-electron chi connectivity index (χ0n) is 12.0. The molecule has 0 aliphatic heterocycles. The summed E-state index contributed by atoms with van der Waals surface area (Å²) in [6.07, 6.45) is 4.62. The van der Waals surface area contributed by atoms with Crippen molar-refractivity contribution >= 4 is 17.3 Å². The lowest BCUT2D eigenvalue weighted by atomic mass is 10.1. The molecule has 3 N–H and O–H groups in total. The summed E-state index contributed by atoms with van der Waals surface area (Å²) in [5.74, 6) is 5.44. The maximum absolute atomic E-state index is 12.5. The van der Waals surface area contributed by atoms with Crippen LogP contribution in [-0.2, 0) is 0 Å². The van der Waals surface area contributed by atoms with Gasteiger partial charge in [-0.1, -0.05) is 18.9 Å². The average Bonchev–Trinajstić information content (AvgIpc) is 2.98. The number of nitro groups is 1. The second-order valence-electron chi connectivity index (χ2n) is 5.44. The van der Waals surface area contributed by atoms with Crippen molar-refractivity contribution in [3.8, 4) is 0 Å². The molecule has 2 rings (SSSR count). The van der Waals surface area contributed by atoms with Crippen LogP contribution in [0.5, 0.6) is 0 Å². The van der Waals surface area contributed by atoms with E-state index in [1.807, 2.05) is 0 Å². The number of nitrogens with one attached hydrogen (secondary N) is 1. The Morgan fingerprint density at radius 1 is 1.48 bits per heavy atom. The molecule has 1 aliphatic carbocycles. The molecule has 1 saturated carbocycles. The Kier molecular flexibility index (Phi) is 4.74. The number of carbonyl (C=O) groups excluding carboxylic acids is 1. The van der Waals surface area contributed by atoms with Crippen LogP contribution in [-0.4, -0.2) is 29.3 Å². The van der Waals surface area contributed by atoms with Crippen LogP contribution in [0.3, 0.4) is 0 Å². The maximum Gasteiger partial charge on any atom is 0.306 e. The van der Waals surface area contributed by atoms with E-state index >= 15 is 0 Å². The van der Waals surface area contributed by atoms with E-state index in [1.165, 1.54) is 25.0 Å². The Morgan fingerprint density at radius 2 is 2.14 bits per heavy atom. The molecule has 1 aromatic rings. The van der Waals surface area contributed by atoms with E-state index in [0.717, 1.165) is 12.8 Å². The van der Waals surface area contributed by atoms with Crippen molar-refractivity contribution < 1.29 is 9.72 Å². The molecule has 7 nitrogen and oxygen atoms in total. The highest BCUT2D eigenvalue weighted by molar-refractivity contribution is 6.00. The summed E-state index contributed by atoms with van der Waals surface area (Å²) >= 11 is 0. The summed E-state index contributed by atoms with van der Waals surface area (Å²) in [5.41, 5.74) is 2.20. The summed E-state index contributed by atoms with van der Waals surface area (Å²) in [5, 5.41) is 11.2. The van der Waals surface area contributed by atoms with Crippen molar-refractivity contribution in [1.82, 2.24) is 4.90 Å². The number of anilines is 1. The number of nitrogens with two attached hydrogens (primary N) is 1. The van der Waals surface area contributed by atoms with Crippen LogP contribution in [0, 0.1) is 16.0 Å². The molecule has 0 unspecified atom stereocenters. The van der Waals surface area contributed by atoms with E-state index < -0.39 is 4.92 Å². The highest BCUT2D eigenvalue weighted by Gasteiger charge is 2.27. The first-order valence-corrected chi connectivity index (χ1v) is 7.04. The number of hydrogen-bond donors (Lipinski definition) is 2. The molecule has 1 aliphatic rings. The first kappa shape index (κ1) is 15.2. The second-order valence-corrected chi connectivity index (χ2v) is 5.44. The van der Waals surface area contributed by atoms with Crippen LogP contribution in [0.2, 0.25) is 0 Å². The van der Waals surface area contributed by atoms with Gasteiger partial charge >= 0.3 is 5.69 Å². The van der Waals surface area contributed by atoms with E-state index in [-0.39, 0.29) is 22.8 Å². The van der Waals surface area contributed by atoms with Gasteiger partial charge in [-0.3, -0.25) is 20.8 Å². The predicted octanol–water partition coefficient (Wildman–Crippen LogP) is 2.14. The van der Waals surface area contributed by atoms with Gasteiger partial charge in [0.2, 0.25) is 0 Å². The number of carbonyl (C=O) groups is 1. The number of nitro benzene ring substituents is 1. The van der Waals surface area contributed by atoms with E-state index in [9.17, 15) is 14.9 Å². The third-order valence-corrected chi connectivity index (χ3v) is 3.96. The fourth-order valence-corrected chi connectivity index (χ4v) is 2.90. The smallest absolute Gasteiger partial charge is 0.306 e. The van der Waals surface area contributed by atoms with E-state index in [0.29, 0.717) is 12.5 Å². The quantitative estimate of drug-likeness (QED) is 0.492. The molecule has 0 bridgehead atoms. The number of nitrogen functional groups attached to an aromatic ring is 1. The molecule has 0 radical (unpaired) electrons. The zero-order chi connectivity index (χ0) is 15.4. The van der Waals surface area contributed by atoms with Gasteiger partial charge in [-0.15, -0.1) is 0 Å². The van der Waals surface area contributed by atoms with Crippen molar-refractivity contribution in [2.24, 2.45) is 11.8 Å². The van der Waals surface area contributed by atoms with Crippen LogP contribution in [0.25, 0.3) is 0 Å². The topological polar surface area (TPSA) is 102 Å². The van der Waals surface area contributed by atoms with Crippen LogP contribution < -0.4 is 11.3 Å². The van der Waals surface area contributed by atoms with Crippen LogP contribution in [0.1, 0.15) is 36.0 Å². The predicted molar refractivity (Wildman–Crippen MR) is 79.8 cm³/mol. The molecular formula is C14H20N4O3. The molecule has 0 aromatic heterocycles. The molecule has 21 heavy (non-hydrogen) atoms. The highest BCUT2D eigenvalue weighted by atomic mass is 16.6. The zero-order valence-corrected chi connectivity index (χ0v) is 12.0. The van der Waals surface area contributed by atoms with Crippen LogP contribution in [0.15, 0.2) is 18.2 Å². The first-order chi connectivity index (χ1) is 10.0. The molecule has 0 saturated heterocycles. The molecule has 114 valence electrons. The number of rotatable bonds is 5. The summed E-state index contributed by atoms with van der Waals surface area (Å²) in [4.78, 5) is 24.7. The lowest BCUT2D eigenvalue weighted by Crippen LogP contribution is -2.31. The van der Waals surface area contributed by atoms with Gasteiger partial charge < -0.3 is 10.3 Å². The van der Waals surface area contributed by atoms with Gasteiger partial charge in [-0.25, -0.2) is 0 Å². The van der Waals surface area contributed by atoms with E-state index in [4.69, 9.17) is 5.84 Å². The lowest BCUT2D eigenvalue weighted by molar-refractivity contribution is -0.384. The summed E-state index contributed by atoms with van der Waals surface area (Å²) in [6, 6.07) is 4.52. The molecule has 1 amide bonds. The number of nitrogens with zero attached hydrogens (tertiary/aromatic N) is 2. The van der Waals surface area contributed by atoms with Gasteiger partial charge in [0.15, 0.2) is 0 Å². The molecule has 1 fully saturated rings. The molecule has 0 atom stereocenters. The Labute approximate surface area is 123 Å². The minimum atomic E-state index is -0.578. The van der Waals surface area contributed by atoms with Gasteiger partial charge in [0.25, 0.3) is 5.91 Å².